The fourth-order valence-electron chi connectivity index (χ4n) is 2.28. The number of allylic oxidation sites excluding steroid dienone is 3. The van der Waals surface area contributed by atoms with E-state index in [0.29, 0.717) is 5.92 Å². The van der Waals surface area contributed by atoms with Crippen LogP contribution in [-0.2, 0) is 9.16 Å². The average Bonchev–Trinajstić information content (AvgIpc) is 2.46. The first-order chi connectivity index (χ1) is 10.1. The largest absolute Gasteiger partial charge is 0.486 e. The third kappa shape index (κ3) is 6.64. The summed E-state index contributed by atoms with van der Waals surface area (Å²) in [5.41, 5.74) is 4.04. The van der Waals surface area contributed by atoms with Crippen LogP contribution in [0.1, 0.15) is 46.5 Å². The molecule has 0 heterocycles. The second-order valence-corrected chi connectivity index (χ2v) is 6.09. The van der Waals surface area contributed by atoms with Gasteiger partial charge in [-0.2, -0.15) is 0 Å². The van der Waals surface area contributed by atoms with E-state index in [1.807, 2.05) is 6.08 Å². The highest BCUT2D eigenvalue weighted by atomic mass is 16.5. The lowest BCUT2D eigenvalue weighted by atomic mass is 9.98. The van der Waals surface area contributed by atoms with E-state index in [1.165, 1.54) is 19.3 Å². The molecule has 0 aliphatic heterocycles. The Hall–Kier alpha value is -1.53. The number of rotatable bonds is 9. The molecule has 1 rings (SSSR count). The van der Waals surface area contributed by atoms with Crippen molar-refractivity contribution < 1.29 is 9.16 Å². The van der Waals surface area contributed by atoms with Crippen LogP contribution >= 0.6 is 0 Å². The third-order valence-corrected chi connectivity index (χ3v) is 3.70. The minimum Gasteiger partial charge on any atom is -0.486 e. The molecule has 0 spiro atoms. The smallest absolute Gasteiger partial charge is 0.358 e. The summed E-state index contributed by atoms with van der Waals surface area (Å²) in [5, 5.41) is 0. The second-order valence-electron chi connectivity index (χ2n) is 6.09. The van der Waals surface area contributed by atoms with E-state index in [-0.39, 0.29) is 0 Å². The Morgan fingerprint density at radius 2 is 2.05 bits per heavy atom. The van der Waals surface area contributed by atoms with Crippen LogP contribution in [0, 0.1) is 11.8 Å². The Balaban J connectivity index is 2.34. The van der Waals surface area contributed by atoms with E-state index < -0.39 is 0 Å². The predicted octanol–water partition coefficient (Wildman–Crippen LogP) is 4.76. The third-order valence-electron chi connectivity index (χ3n) is 3.70. The van der Waals surface area contributed by atoms with Crippen LogP contribution < -0.4 is 0 Å². The van der Waals surface area contributed by atoms with E-state index in [9.17, 15) is 0 Å². The Morgan fingerprint density at radius 1 is 1.29 bits per heavy atom. The highest BCUT2D eigenvalue weighted by Gasteiger charge is 2.16. The van der Waals surface area contributed by atoms with Crippen molar-refractivity contribution in [3.05, 3.63) is 41.9 Å². The first-order valence-corrected chi connectivity index (χ1v) is 7.91. The number of carbonyl (C=O) groups excluding carboxylic acids is 1. The zero-order chi connectivity index (χ0) is 15.7. The van der Waals surface area contributed by atoms with Gasteiger partial charge in [-0.1, -0.05) is 58.4 Å². The van der Waals surface area contributed by atoms with E-state index in [2.05, 4.69) is 33.1 Å². The summed E-state index contributed by atoms with van der Waals surface area (Å²) < 4.78 is 11.0. The maximum absolute atomic E-state index is 5.79. The second kappa shape index (κ2) is 9.41. The Kier molecular flexibility index (Phi) is 7.85. The minimum atomic E-state index is 0.709. The van der Waals surface area contributed by atoms with Gasteiger partial charge in [-0.05, 0) is 18.3 Å². The molecule has 0 N–H and O–H groups in total. The van der Waals surface area contributed by atoms with Crippen LogP contribution in [0.4, 0.5) is 0 Å². The molecule has 0 fully saturated rings. The van der Waals surface area contributed by atoms with Crippen LogP contribution in [0.5, 0.6) is 0 Å². The van der Waals surface area contributed by atoms with Crippen molar-refractivity contribution in [3.8, 4) is 0 Å². The number of ketones is 1. The molecule has 2 nitrogen and oxygen atoms in total. The molecule has 1 aliphatic rings. The molecule has 116 valence electrons. The van der Waals surface area contributed by atoms with Gasteiger partial charge >= 0.3 is 5.78 Å². The highest BCUT2D eigenvalue weighted by Crippen LogP contribution is 2.17. The standard InChI is InChI=1S/C19H29O2/c1-6-17-14-18(10-11-19(17)20-5)21-13-12-16(4)9-7-8-15(2)3/h6,11,14-16H,1,7-9,12-13H2,2-5H3/q+1. The van der Waals surface area contributed by atoms with Gasteiger partial charge < -0.3 is 4.74 Å². The number of hydrogen-bond donors (Lipinski definition) is 0. The van der Waals surface area contributed by atoms with Crippen molar-refractivity contribution in [3.63, 3.8) is 0 Å². The molecule has 21 heavy (non-hydrogen) atoms. The average molecular weight is 289 g/mol. The molecule has 0 bridgehead atoms. The first-order valence-electron chi connectivity index (χ1n) is 7.91. The molecule has 2 heteroatoms. The molecule has 1 atom stereocenters. The van der Waals surface area contributed by atoms with Crippen molar-refractivity contribution in [2.24, 2.45) is 11.8 Å². The summed E-state index contributed by atoms with van der Waals surface area (Å²) in [6.45, 7) is 11.4. The molecule has 0 saturated heterocycles. The SMILES string of the molecule is C=CC1=CC(OCCC(C)CCCC(C)C)=C=CC1=[O+]C. The van der Waals surface area contributed by atoms with E-state index >= 15 is 0 Å². The molecule has 0 saturated carbocycles. The van der Waals surface area contributed by atoms with Gasteiger partial charge in [-0.15, -0.1) is 0 Å². The summed E-state index contributed by atoms with van der Waals surface area (Å²) >= 11 is 0. The molecule has 0 aromatic heterocycles. The van der Waals surface area contributed by atoms with E-state index in [0.717, 1.165) is 36.1 Å². The lowest BCUT2D eigenvalue weighted by molar-refractivity contribution is -0.418. The predicted molar refractivity (Wildman–Crippen MR) is 89.2 cm³/mol. The molecule has 0 aromatic carbocycles. The van der Waals surface area contributed by atoms with Gasteiger partial charge in [0.1, 0.15) is 0 Å². The van der Waals surface area contributed by atoms with Gasteiger partial charge in [0.05, 0.1) is 18.3 Å². The molecule has 1 unspecified atom stereocenters. The normalized spacial score (nSPS) is 17.7. The molecular weight excluding hydrogens is 260 g/mol. The lowest BCUT2D eigenvalue weighted by Crippen LogP contribution is -2.06. The lowest BCUT2D eigenvalue weighted by Gasteiger charge is -2.13. The van der Waals surface area contributed by atoms with Gasteiger partial charge in [0, 0.05) is 6.08 Å². The van der Waals surface area contributed by atoms with Crippen LogP contribution in [0.15, 0.2) is 41.9 Å². The zero-order valence-corrected chi connectivity index (χ0v) is 13.9. The van der Waals surface area contributed by atoms with Crippen molar-refractivity contribution in [1.29, 1.82) is 0 Å². The van der Waals surface area contributed by atoms with E-state index in [4.69, 9.17) is 9.16 Å². The molecule has 0 aromatic rings. The van der Waals surface area contributed by atoms with E-state index in [1.54, 1.807) is 19.3 Å². The summed E-state index contributed by atoms with van der Waals surface area (Å²) in [6, 6.07) is 0. The summed E-state index contributed by atoms with van der Waals surface area (Å²) in [7, 11) is 1.65. The maximum Gasteiger partial charge on any atom is 0.358 e. The minimum absolute atomic E-state index is 0.709. The van der Waals surface area contributed by atoms with Crippen LogP contribution in [0.3, 0.4) is 0 Å². The fourth-order valence-corrected chi connectivity index (χ4v) is 2.28. The van der Waals surface area contributed by atoms with Crippen LogP contribution in [0.25, 0.3) is 0 Å². The maximum atomic E-state index is 5.79. The molecular formula is C19H29O2+. The Morgan fingerprint density at radius 3 is 2.67 bits per heavy atom. The first kappa shape index (κ1) is 17.5. The number of hydrogen-bond acceptors (Lipinski definition) is 1. The molecule has 0 radical (unpaired) electrons. The van der Waals surface area contributed by atoms with Crippen LogP contribution in [-0.4, -0.2) is 19.5 Å². The van der Waals surface area contributed by atoms with Gasteiger partial charge in [0.2, 0.25) is 0 Å². The van der Waals surface area contributed by atoms with Crippen LogP contribution in [0.2, 0.25) is 0 Å². The van der Waals surface area contributed by atoms with Crippen molar-refractivity contribution in [1.82, 2.24) is 0 Å². The molecule has 0 amide bonds. The summed E-state index contributed by atoms with van der Waals surface area (Å²) in [4.78, 5) is 0. The molecule has 1 aliphatic carbocycles. The topological polar surface area (TPSA) is 20.5 Å². The summed E-state index contributed by atoms with van der Waals surface area (Å²) in [5.74, 6) is 3.06. The van der Waals surface area contributed by atoms with Gasteiger partial charge in [-0.3, -0.25) is 4.42 Å². The Bertz CT molecular complexity index is 460. The van der Waals surface area contributed by atoms with Crippen molar-refractivity contribution in [2.45, 2.75) is 46.5 Å². The highest BCUT2D eigenvalue weighted by molar-refractivity contribution is 6.07. The monoisotopic (exact) mass is 289 g/mol. The Labute approximate surface area is 129 Å². The van der Waals surface area contributed by atoms with Gasteiger partial charge in [0.25, 0.3) is 7.11 Å². The zero-order valence-electron chi connectivity index (χ0n) is 13.9. The van der Waals surface area contributed by atoms with Gasteiger partial charge in [0.15, 0.2) is 5.76 Å². The summed E-state index contributed by atoms with van der Waals surface area (Å²) in [6.07, 6.45) is 10.5. The number of ether oxygens (including phenoxy) is 1. The van der Waals surface area contributed by atoms with Crippen molar-refractivity contribution >= 4 is 5.78 Å². The van der Waals surface area contributed by atoms with Gasteiger partial charge in [-0.25, -0.2) is 0 Å². The van der Waals surface area contributed by atoms with Crippen molar-refractivity contribution in [2.75, 3.05) is 13.7 Å². The fraction of sp³-hybridized carbons (Fsp3) is 0.579. The quantitative estimate of drug-likeness (QED) is 0.443.